The van der Waals surface area contributed by atoms with Crippen LogP contribution in [0, 0.1) is 5.82 Å². The summed E-state index contributed by atoms with van der Waals surface area (Å²) in [4.78, 5) is 15.0. The average Bonchev–Trinajstić information content (AvgIpc) is 2.65. The second kappa shape index (κ2) is 9.48. The Kier molecular flexibility index (Phi) is 6.79. The molecule has 2 aromatic carbocycles. The summed E-state index contributed by atoms with van der Waals surface area (Å²) in [5, 5.41) is 2.78. The standard InChI is InChI=1S/C21H26FN3O2/c1-2-27-20-9-4-3-6-17(20)15-24-10-12-25(13-11-24)16-21(26)23-19-8-5-7-18(22)14-19/h3-9,14H,2,10-13,15-16H2,1H3,(H,23,26)/p+2. The van der Waals surface area contributed by atoms with Gasteiger partial charge >= 0.3 is 0 Å². The van der Waals surface area contributed by atoms with Crippen LogP contribution in [0.2, 0.25) is 0 Å². The van der Waals surface area contributed by atoms with E-state index in [1.807, 2.05) is 19.1 Å². The highest BCUT2D eigenvalue weighted by Gasteiger charge is 2.25. The Balaban J connectivity index is 1.45. The van der Waals surface area contributed by atoms with Gasteiger partial charge in [-0.3, -0.25) is 4.79 Å². The van der Waals surface area contributed by atoms with Gasteiger partial charge in [0.25, 0.3) is 5.91 Å². The van der Waals surface area contributed by atoms with Gasteiger partial charge in [0, 0.05) is 11.3 Å². The molecule has 0 radical (unpaired) electrons. The second-order valence-corrected chi connectivity index (χ2v) is 6.95. The topological polar surface area (TPSA) is 47.2 Å². The van der Waals surface area contributed by atoms with E-state index in [2.05, 4.69) is 17.4 Å². The smallest absolute Gasteiger partial charge is 0.279 e. The maximum absolute atomic E-state index is 13.2. The van der Waals surface area contributed by atoms with Gasteiger partial charge in [-0.15, -0.1) is 0 Å². The Hall–Kier alpha value is -2.44. The summed E-state index contributed by atoms with van der Waals surface area (Å²) in [6.07, 6.45) is 0. The number of benzene rings is 2. The number of ether oxygens (including phenoxy) is 1. The molecule has 3 N–H and O–H groups in total. The predicted molar refractivity (Wildman–Crippen MR) is 103 cm³/mol. The van der Waals surface area contributed by atoms with Crippen LogP contribution >= 0.6 is 0 Å². The van der Waals surface area contributed by atoms with Gasteiger partial charge < -0.3 is 19.9 Å². The molecule has 3 rings (SSSR count). The fourth-order valence-electron chi connectivity index (χ4n) is 3.52. The molecule has 1 amide bonds. The third-order valence-corrected chi connectivity index (χ3v) is 4.90. The van der Waals surface area contributed by atoms with Gasteiger partial charge in [-0.1, -0.05) is 18.2 Å². The molecule has 6 heteroatoms. The minimum atomic E-state index is -0.343. The van der Waals surface area contributed by atoms with Crippen molar-refractivity contribution in [2.45, 2.75) is 13.5 Å². The molecule has 1 aliphatic heterocycles. The van der Waals surface area contributed by atoms with Gasteiger partial charge in [0.05, 0.1) is 6.61 Å². The summed E-state index contributed by atoms with van der Waals surface area (Å²) in [7, 11) is 0. The van der Waals surface area contributed by atoms with Crippen LogP contribution in [0.5, 0.6) is 5.75 Å². The Bertz CT molecular complexity index is 761. The van der Waals surface area contributed by atoms with Gasteiger partial charge in [-0.05, 0) is 37.3 Å². The number of anilines is 1. The Morgan fingerprint density at radius 2 is 1.81 bits per heavy atom. The van der Waals surface area contributed by atoms with Crippen molar-refractivity contribution in [1.82, 2.24) is 0 Å². The number of carbonyl (C=O) groups is 1. The lowest BCUT2D eigenvalue weighted by atomic mass is 10.1. The van der Waals surface area contributed by atoms with E-state index in [0.717, 1.165) is 38.5 Å². The van der Waals surface area contributed by atoms with E-state index in [1.54, 1.807) is 12.1 Å². The number of nitrogens with one attached hydrogen (secondary N) is 3. The van der Waals surface area contributed by atoms with E-state index in [1.165, 1.54) is 27.5 Å². The highest BCUT2D eigenvalue weighted by Crippen LogP contribution is 2.16. The van der Waals surface area contributed by atoms with Crippen LogP contribution in [0.4, 0.5) is 10.1 Å². The lowest BCUT2D eigenvalue weighted by Crippen LogP contribution is -3.28. The number of para-hydroxylation sites is 1. The zero-order valence-corrected chi connectivity index (χ0v) is 15.8. The maximum Gasteiger partial charge on any atom is 0.279 e. The van der Waals surface area contributed by atoms with Crippen molar-refractivity contribution in [3.8, 4) is 5.75 Å². The van der Waals surface area contributed by atoms with E-state index in [-0.39, 0.29) is 11.7 Å². The molecule has 1 saturated heterocycles. The van der Waals surface area contributed by atoms with E-state index < -0.39 is 0 Å². The summed E-state index contributed by atoms with van der Waals surface area (Å²) >= 11 is 0. The molecule has 0 atom stereocenters. The largest absolute Gasteiger partial charge is 0.493 e. The number of amides is 1. The Morgan fingerprint density at radius 1 is 1.07 bits per heavy atom. The number of carbonyl (C=O) groups excluding carboxylic acids is 1. The average molecular weight is 373 g/mol. The summed E-state index contributed by atoms with van der Waals surface area (Å²) in [5.74, 6) is 0.558. The molecule has 1 aliphatic rings. The fourth-order valence-corrected chi connectivity index (χ4v) is 3.52. The maximum atomic E-state index is 13.2. The van der Waals surface area contributed by atoms with Gasteiger partial charge in [-0.2, -0.15) is 0 Å². The fraction of sp³-hybridized carbons (Fsp3) is 0.381. The van der Waals surface area contributed by atoms with Crippen molar-refractivity contribution < 1.29 is 23.7 Å². The zero-order valence-electron chi connectivity index (χ0n) is 15.8. The van der Waals surface area contributed by atoms with Gasteiger partial charge in [0.15, 0.2) is 6.54 Å². The molecule has 1 heterocycles. The van der Waals surface area contributed by atoms with E-state index in [4.69, 9.17) is 4.74 Å². The first-order valence-electron chi connectivity index (χ1n) is 9.57. The Morgan fingerprint density at radius 3 is 2.56 bits per heavy atom. The molecule has 1 fully saturated rings. The lowest BCUT2D eigenvalue weighted by molar-refractivity contribution is -1.02. The van der Waals surface area contributed by atoms with Crippen molar-refractivity contribution in [1.29, 1.82) is 0 Å². The van der Waals surface area contributed by atoms with Crippen LogP contribution in [0.3, 0.4) is 0 Å². The monoisotopic (exact) mass is 373 g/mol. The highest BCUT2D eigenvalue weighted by atomic mass is 19.1. The van der Waals surface area contributed by atoms with E-state index in [9.17, 15) is 9.18 Å². The van der Waals surface area contributed by atoms with Crippen LogP contribution in [-0.4, -0.2) is 45.2 Å². The van der Waals surface area contributed by atoms with Crippen LogP contribution < -0.4 is 19.9 Å². The molecule has 0 spiro atoms. The van der Waals surface area contributed by atoms with E-state index in [0.29, 0.717) is 18.8 Å². The van der Waals surface area contributed by atoms with Crippen LogP contribution in [0.15, 0.2) is 48.5 Å². The molecule has 27 heavy (non-hydrogen) atoms. The summed E-state index contributed by atoms with van der Waals surface area (Å²) in [6.45, 7) is 7.96. The van der Waals surface area contributed by atoms with Crippen LogP contribution in [0.1, 0.15) is 12.5 Å². The third-order valence-electron chi connectivity index (χ3n) is 4.90. The minimum Gasteiger partial charge on any atom is -0.493 e. The number of halogens is 1. The molecule has 2 aromatic rings. The lowest BCUT2D eigenvalue weighted by Gasteiger charge is -2.29. The normalized spacial score (nSPS) is 19.5. The molecule has 5 nitrogen and oxygen atoms in total. The predicted octanol–water partition coefficient (Wildman–Crippen LogP) is 0.147. The quantitative estimate of drug-likeness (QED) is 0.647. The van der Waals surface area contributed by atoms with Crippen molar-refractivity contribution in [2.24, 2.45) is 0 Å². The molecular weight excluding hydrogens is 345 g/mol. The molecule has 144 valence electrons. The summed E-state index contributed by atoms with van der Waals surface area (Å²) in [5.41, 5.74) is 1.75. The summed E-state index contributed by atoms with van der Waals surface area (Å²) < 4.78 is 18.9. The minimum absolute atomic E-state index is 0.0688. The van der Waals surface area contributed by atoms with Crippen molar-refractivity contribution in [3.63, 3.8) is 0 Å². The molecule has 0 bridgehead atoms. The number of piperazine rings is 1. The Labute approximate surface area is 159 Å². The molecular formula is C21H28FN3O2+2. The highest BCUT2D eigenvalue weighted by molar-refractivity contribution is 5.91. The van der Waals surface area contributed by atoms with Crippen LogP contribution in [0.25, 0.3) is 0 Å². The van der Waals surface area contributed by atoms with Gasteiger partial charge in [0.1, 0.15) is 44.3 Å². The van der Waals surface area contributed by atoms with Crippen LogP contribution in [-0.2, 0) is 11.3 Å². The van der Waals surface area contributed by atoms with Crippen molar-refractivity contribution in [2.75, 3.05) is 44.6 Å². The molecule has 0 aliphatic carbocycles. The van der Waals surface area contributed by atoms with Gasteiger partial charge in [-0.25, -0.2) is 4.39 Å². The zero-order chi connectivity index (χ0) is 19.1. The SMILES string of the molecule is CCOc1ccccc1C[NH+]1CC[NH+](CC(=O)Nc2cccc(F)c2)CC1. The van der Waals surface area contributed by atoms with Crippen molar-refractivity contribution in [3.05, 3.63) is 59.9 Å². The first kappa shape index (κ1) is 19.3. The van der Waals surface area contributed by atoms with Crippen molar-refractivity contribution >= 4 is 11.6 Å². The second-order valence-electron chi connectivity index (χ2n) is 6.95. The first-order valence-corrected chi connectivity index (χ1v) is 9.57. The number of rotatable bonds is 7. The van der Waals surface area contributed by atoms with E-state index >= 15 is 0 Å². The third kappa shape index (κ3) is 5.77. The molecule has 0 aromatic heterocycles. The molecule has 0 unspecified atom stereocenters. The first-order chi connectivity index (χ1) is 13.1. The van der Waals surface area contributed by atoms with Gasteiger partial charge in [0.2, 0.25) is 0 Å². The number of hydrogen-bond acceptors (Lipinski definition) is 2. The number of quaternary nitrogens is 2. The number of hydrogen-bond donors (Lipinski definition) is 3. The molecule has 0 saturated carbocycles. The summed E-state index contributed by atoms with van der Waals surface area (Å²) in [6, 6.07) is 14.2.